The van der Waals surface area contributed by atoms with Gasteiger partial charge in [0.25, 0.3) is 0 Å². The molecule has 0 saturated carbocycles. The normalized spacial score (nSPS) is 20.0. The monoisotopic (exact) mass is 376 g/mol. The number of aromatic nitrogens is 1. The highest BCUT2D eigenvalue weighted by atomic mass is 32.2. The van der Waals surface area contributed by atoms with Gasteiger partial charge in [0.2, 0.25) is 10.0 Å². The van der Waals surface area contributed by atoms with Crippen LogP contribution in [0.3, 0.4) is 0 Å². The van der Waals surface area contributed by atoms with E-state index in [1.807, 2.05) is 12.1 Å². The summed E-state index contributed by atoms with van der Waals surface area (Å²) in [6.07, 6.45) is 4.09. The molecule has 138 valence electrons. The molecule has 1 aliphatic heterocycles. The van der Waals surface area contributed by atoms with Gasteiger partial charge >= 0.3 is 5.97 Å². The van der Waals surface area contributed by atoms with Crippen molar-refractivity contribution in [1.82, 2.24) is 9.71 Å². The first-order valence-corrected chi connectivity index (χ1v) is 9.66. The Balaban J connectivity index is 1.80. The highest BCUT2D eigenvalue weighted by Gasteiger charge is 2.33. The molecule has 2 heterocycles. The van der Waals surface area contributed by atoms with Crippen LogP contribution in [0, 0.1) is 5.92 Å². The van der Waals surface area contributed by atoms with Crippen LogP contribution in [0.15, 0.2) is 53.7 Å². The molecule has 1 saturated heterocycles. The number of pyridine rings is 1. The van der Waals surface area contributed by atoms with Gasteiger partial charge in [-0.3, -0.25) is 4.98 Å². The molecule has 0 bridgehead atoms. The van der Waals surface area contributed by atoms with E-state index in [0.29, 0.717) is 13.0 Å². The number of hydrogen-bond acceptors (Lipinski definition) is 6. The molecular formula is C18H20N2O5S. The molecule has 1 aromatic carbocycles. The van der Waals surface area contributed by atoms with E-state index in [9.17, 15) is 13.2 Å². The summed E-state index contributed by atoms with van der Waals surface area (Å²) in [7, 11) is -2.68. The Hall–Kier alpha value is -2.29. The number of rotatable bonds is 6. The Labute approximate surface area is 152 Å². The molecule has 1 fully saturated rings. The zero-order valence-corrected chi connectivity index (χ0v) is 15.1. The van der Waals surface area contributed by atoms with Crippen LogP contribution in [0.25, 0.3) is 0 Å². The first-order chi connectivity index (χ1) is 12.5. The van der Waals surface area contributed by atoms with E-state index in [1.54, 1.807) is 24.5 Å². The SMILES string of the molecule is COC(=O)c1ccccc1S(=O)(=O)N[C@@H]1COC[C@H]1Cc1ccncc1. The molecule has 0 unspecified atom stereocenters. The van der Waals surface area contributed by atoms with Gasteiger partial charge in [0, 0.05) is 18.3 Å². The molecule has 3 rings (SSSR count). The van der Waals surface area contributed by atoms with Crippen molar-refractivity contribution in [3.63, 3.8) is 0 Å². The zero-order valence-electron chi connectivity index (χ0n) is 14.3. The van der Waals surface area contributed by atoms with Gasteiger partial charge in [0.15, 0.2) is 0 Å². The lowest BCUT2D eigenvalue weighted by Gasteiger charge is -2.20. The van der Waals surface area contributed by atoms with Crippen molar-refractivity contribution in [1.29, 1.82) is 0 Å². The molecule has 7 nitrogen and oxygen atoms in total. The van der Waals surface area contributed by atoms with Crippen molar-refractivity contribution in [2.75, 3.05) is 20.3 Å². The van der Waals surface area contributed by atoms with Gasteiger partial charge in [-0.15, -0.1) is 0 Å². The highest BCUT2D eigenvalue weighted by molar-refractivity contribution is 7.89. The smallest absolute Gasteiger partial charge is 0.339 e. The molecule has 1 N–H and O–H groups in total. The summed E-state index contributed by atoms with van der Waals surface area (Å²) in [5.74, 6) is -0.695. The maximum Gasteiger partial charge on any atom is 0.339 e. The second kappa shape index (κ2) is 7.94. The van der Waals surface area contributed by atoms with Crippen LogP contribution in [0.1, 0.15) is 15.9 Å². The van der Waals surface area contributed by atoms with Gasteiger partial charge in [-0.05, 0) is 36.2 Å². The van der Waals surface area contributed by atoms with Crippen LogP contribution >= 0.6 is 0 Å². The van der Waals surface area contributed by atoms with Crippen LogP contribution in [0.2, 0.25) is 0 Å². The van der Waals surface area contributed by atoms with Crippen molar-refractivity contribution >= 4 is 16.0 Å². The molecule has 0 spiro atoms. The summed E-state index contributed by atoms with van der Waals surface area (Å²) in [5.41, 5.74) is 1.07. The number of nitrogens with zero attached hydrogens (tertiary/aromatic N) is 1. The van der Waals surface area contributed by atoms with Crippen molar-refractivity contribution < 1.29 is 22.7 Å². The summed E-state index contributed by atoms with van der Waals surface area (Å²) in [6, 6.07) is 9.41. The second-order valence-electron chi connectivity index (χ2n) is 6.07. The number of carbonyl (C=O) groups is 1. The molecule has 2 atom stereocenters. The van der Waals surface area contributed by atoms with E-state index in [1.165, 1.54) is 19.2 Å². The summed E-state index contributed by atoms with van der Waals surface area (Å²) in [6.45, 7) is 0.754. The number of esters is 1. The van der Waals surface area contributed by atoms with Crippen LogP contribution in [-0.2, 0) is 25.9 Å². The van der Waals surface area contributed by atoms with E-state index in [2.05, 4.69) is 14.4 Å². The Morgan fingerprint density at radius 1 is 1.23 bits per heavy atom. The van der Waals surface area contributed by atoms with Crippen LogP contribution in [-0.4, -0.2) is 45.7 Å². The summed E-state index contributed by atoms with van der Waals surface area (Å²) in [5, 5.41) is 0. The molecular weight excluding hydrogens is 356 g/mol. The van der Waals surface area contributed by atoms with Gasteiger partial charge in [0.1, 0.15) is 0 Å². The maximum atomic E-state index is 12.8. The Morgan fingerprint density at radius 2 is 1.96 bits per heavy atom. The topological polar surface area (TPSA) is 94.6 Å². The van der Waals surface area contributed by atoms with Crippen molar-refractivity contribution in [2.24, 2.45) is 5.92 Å². The molecule has 1 aromatic heterocycles. The van der Waals surface area contributed by atoms with Gasteiger partial charge in [-0.25, -0.2) is 17.9 Å². The average Bonchev–Trinajstić information content (AvgIpc) is 3.08. The highest BCUT2D eigenvalue weighted by Crippen LogP contribution is 2.23. The average molecular weight is 376 g/mol. The Kier molecular flexibility index (Phi) is 5.65. The van der Waals surface area contributed by atoms with Crippen molar-refractivity contribution in [3.8, 4) is 0 Å². The van der Waals surface area contributed by atoms with Gasteiger partial charge in [-0.1, -0.05) is 12.1 Å². The lowest BCUT2D eigenvalue weighted by molar-refractivity contribution is 0.0596. The number of sulfonamides is 1. The summed E-state index contributed by atoms with van der Waals surface area (Å²) < 4.78 is 38.5. The third kappa shape index (κ3) is 4.09. The van der Waals surface area contributed by atoms with Gasteiger partial charge < -0.3 is 9.47 Å². The number of nitrogens with one attached hydrogen (secondary N) is 1. The van der Waals surface area contributed by atoms with Crippen LogP contribution < -0.4 is 4.72 Å². The molecule has 26 heavy (non-hydrogen) atoms. The van der Waals surface area contributed by atoms with E-state index in [4.69, 9.17) is 4.74 Å². The molecule has 0 amide bonds. The summed E-state index contributed by atoms with van der Waals surface area (Å²) in [4.78, 5) is 15.8. The third-order valence-electron chi connectivity index (χ3n) is 4.33. The predicted octanol–water partition coefficient (Wildman–Crippen LogP) is 1.40. The number of hydrogen-bond donors (Lipinski definition) is 1. The first-order valence-electron chi connectivity index (χ1n) is 8.17. The number of benzene rings is 1. The van der Waals surface area contributed by atoms with Crippen molar-refractivity contribution in [3.05, 3.63) is 59.9 Å². The molecule has 0 radical (unpaired) electrons. The maximum absolute atomic E-state index is 12.8. The van der Waals surface area contributed by atoms with E-state index in [0.717, 1.165) is 5.56 Å². The summed E-state index contributed by atoms with van der Waals surface area (Å²) >= 11 is 0. The standard InChI is InChI=1S/C18H20N2O5S/c1-24-18(21)15-4-2-3-5-17(15)26(22,23)20-16-12-25-11-14(16)10-13-6-8-19-9-7-13/h2-9,14,16,20H,10-12H2,1H3/t14-,16-/m1/s1. The van der Waals surface area contributed by atoms with Crippen LogP contribution in [0.4, 0.5) is 0 Å². The minimum absolute atomic E-state index is 0.00235. The fraction of sp³-hybridized carbons (Fsp3) is 0.333. The number of carbonyl (C=O) groups excluding carboxylic acids is 1. The Morgan fingerprint density at radius 3 is 2.69 bits per heavy atom. The predicted molar refractivity (Wildman–Crippen MR) is 94.1 cm³/mol. The lowest BCUT2D eigenvalue weighted by atomic mass is 9.96. The third-order valence-corrected chi connectivity index (χ3v) is 5.88. The van der Waals surface area contributed by atoms with Crippen molar-refractivity contribution in [2.45, 2.75) is 17.4 Å². The number of methoxy groups -OCH3 is 1. The van der Waals surface area contributed by atoms with Gasteiger partial charge in [-0.2, -0.15) is 0 Å². The lowest BCUT2D eigenvalue weighted by Crippen LogP contribution is -2.41. The molecule has 8 heteroatoms. The molecule has 0 aliphatic carbocycles. The Bertz CT molecular complexity index is 870. The van der Waals surface area contributed by atoms with E-state index in [-0.39, 0.29) is 29.0 Å². The van der Waals surface area contributed by atoms with Crippen LogP contribution in [0.5, 0.6) is 0 Å². The van der Waals surface area contributed by atoms with E-state index >= 15 is 0 Å². The molecule has 1 aliphatic rings. The van der Waals surface area contributed by atoms with Gasteiger partial charge in [0.05, 0.1) is 36.8 Å². The van der Waals surface area contributed by atoms with E-state index < -0.39 is 16.0 Å². The minimum atomic E-state index is -3.90. The quantitative estimate of drug-likeness (QED) is 0.766. The largest absolute Gasteiger partial charge is 0.465 e. The fourth-order valence-corrected chi connectivity index (χ4v) is 4.48. The fourth-order valence-electron chi connectivity index (χ4n) is 2.99. The number of ether oxygens (including phenoxy) is 2. The first kappa shape index (κ1) is 18.5. The second-order valence-corrected chi connectivity index (χ2v) is 7.76. The molecule has 2 aromatic rings. The minimum Gasteiger partial charge on any atom is -0.465 e. The zero-order chi connectivity index (χ0) is 18.6.